The molecule has 0 aliphatic rings. The quantitative estimate of drug-likeness (QED) is 0.758. The minimum absolute atomic E-state index is 0.158. The van der Waals surface area contributed by atoms with Gasteiger partial charge in [0.15, 0.2) is 6.10 Å². The number of rotatable bonds is 4. The van der Waals surface area contributed by atoms with E-state index in [1.54, 1.807) is 12.1 Å². The van der Waals surface area contributed by atoms with Gasteiger partial charge >= 0.3 is 5.97 Å². The van der Waals surface area contributed by atoms with E-state index in [9.17, 15) is 9.59 Å². The second-order valence-electron chi connectivity index (χ2n) is 4.97. The molecule has 128 valence electrons. The SMILES string of the molecule is C[C@H](OC(=O)c1cccc(C#N)c1)C(=O)Nc1c(Cl)cc(Cl)cc1Cl. The number of amides is 1. The van der Waals surface area contributed by atoms with Gasteiger partial charge < -0.3 is 10.1 Å². The summed E-state index contributed by atoms with van der Waals surface area (Å²) in [4.78, 5) is 24.3. The Labute approximate surface area is 159 Å². The van der Waals surface area contributed by atoms with Crippen LogP contribution in [0.4, 0.5) is 5.69 Å². The van der Waals surface area contributed by atoms with Crippen LogP contribution in [-0.2, 0) is 9.53 Å². The van der Waals surface area contributed by atoms with E-state index in [2.05, 4.69) is 5.32 Å². The van der Waals surface area contributed by atoms with Gasteiger partial charge in [-0.25, -0.2) is 4.79 Å². The molecule has 0 aliphatic carbocycles. The smallest absolute Gasteiger partial charge is 0.338 e. The number of nitrogens with zero attached hydrogens (tertiary/aromatic N) is 1. The van der Waals surface area contributed by atoms with Crippen LogP contribution >= 0.6 is 34.8 Å². The Kier molecular flexibility index (Phi) is 6.27. The van der Waals surface area contributed by atoms with E-state index >= 15 is 0 Å². The molecule has 0 fully saturated rings. The van der Waals surface area contributed by atoms with E-state index in [1.807, 2.05) is 6.07 Å². The van der Waals surface area contributed by atoms with Gasteiger partial charge in [-0.15, -0.1) is 0 Å². The average molecular weight is 398 g/mol. The summed E-state index contributed by atoms with van der Waals surface area (Å²) in [5.74, 6) is -1.34. The lowest BCUT2D eigenvalue weighted by molar-refractivity contribution is -0.123. The Bertz CT molecular complexity index is 855. The van der Waals surface area contributed by atoms with E-state index < -0.39 is 18.0 Å². The van der Waals surface area contributed by atoms with Gasteiger partial charge in [-0.2, -0.15) is 5.26 Å². The summed E-state index contributed by atoms with van der Waals surface area (Å²) in [6.45, 7) is 1.40. The third-order valence-electron chi connectivity index (χ3n) is 3.14. The van der Waals surface area contributed by atoms with Crippen molar-refractivity contribution in [3.05, 3.63) is 62.6 Å². The molecule has 2 aromatic carbocycles. The average Bonchev–Trinajstić information content (AvgIpc) is 2.57. The molecule has 1 N–H and O–H groups in total. The number of hydrogen-bond donors (Lipinski definition) is 1. The molecule has 0 heterocycles. The number of carbonyl (C=O) groups is 2. The van der Waals surface area contributed by atoms with Crippen molar-refractivity contribution in [3.63, 3.8) is 0 Å². The number of benzene rings is 2. The molecular formula is C17H11Cl3N2O3. The van der Waals surface area contributed by atoms with E-state index in [0.717, 1.165) is 0 Å². The molecule has 1 amide bonds. The molecule has 0 radical (unpaired) electrons. The van der Waals surface area contributed by atoms with Crippen molar-refractivity contribution < 1.29 is 14.3 Å². The number of anilines is 1. The molecule has 0 aliphatic heterocycles. The highest BCUT2D eigenvalue weighted by Crippen LogP contribution is 2.33. The zero-order valence-electron chi connectivity index (χ0n) is 12.8. The maximum Gasteiger partial charge on any atom is 0.338 e. The number of ether oxygens (including phenoxy) is 1. The fourth-order valence-corrected chi connectivity index (χ4v) is 2.80. The Hall–Kier alpha value is -2.26. The van der Waals surface area contributed by atoms with Crippen LogP contribution in [0.5, 0.6) is 0 Å². The molecule has 1 atom stereocenters. The normalized spacial score (nSPS) is 11.3. The lowest BCUT2D eigenvalue weighted by Gasteiger charge is -2.15. The highest BCUT2D eigenvalue weighted by atomic mass is 35.5. The van der Waals surface area contributed by atoms with Gasteiger partial charge in [0, 0.05) is 5.02 Å². The molecule has 0 bridgehead atoms. The largest absolute Gasteiger partial charge is 0.449 e. The van der Waals surface area contributed by atoms with Crippen molar-refractivity contribution in [3.8, 4) is 6.07 Å². The Morgan fingerprint density at radius 3 is 2.40 bits per heavy atom. The van der Waals surface area contributed by atoms with Crippen molar-refractivity contribution in [2.24, 2.45) is 0 Å². The molecule has 25 heavy (non-hydrogen) atoms. The molecule has 0 saturated carbocycles. The Morgan fingerprint density at radius 2 is 1.80 bits per heavy atom. The predicted molar refractivity (Wildman–Crippen MR) is 96.1 cm³/mol. The van der Waals surface area contributed by atoms with Crippen molar-refractivity contribution in [1.29, 1.82) is 5.26 Å². The molecule has 2 rings (SSSR count). The van der Waals surface area contributed by atoms with Crippen LogP contribution in [0, 0.1) is 11.3 Å². The topological polar surface area (TPSA) is 79.2 Å². The molecule has 0 saturated heterocycles. The number of nitriles is 1. The van der Waals surface area contributed by atoms with Crippen LogP contribution in [0.1, 0.15) is 22.8 Å². The second kappa shape index (κ2) is 8.21. The van der Waals surface area contributed by atoms with E-state index in [4.69, 9.17) is 44.8 Å². The summed E-state index contributed by atoms with van der Waals surface area (Å²) in [5, 5.41) is 12.0. The van der Waals surface area contributed by atoms with Gasteiger partial charge in [-0.05, 0) is 37.3 Å². The van der Waals surface area contributed by atoms with E-state index in [-0.39, 0.29) is 21.3 Å². The van der Waals surface area contributed by atoms with Gasteiger partial charge in [-0.1, -0.05) is 40.9 Å². The Morgan fingerprint density at radius 1 is 1.16 bits per heavy atom. The van der Waals surface area contributed by atoms with E-state index in [0.29, 0.717) is 10.6 Å². The number of halogens is 3. The van der Waals surface area contributed by atoms with Crippen LogP contribution < -0.4 is 5.32 Å². The third-order valence-corrected chi connectivity index (χ3v) is 3.95. The van der Waals surface area contributed by atoms with Crippen molar-refractivity contribution in [1.82, 2.24) is 0 Å². The molecule has 5 nitrogen and oxygen atoms in total. The molecular weight excluding hydrogens is 387 g/mol. The first-order valence-corrected chi connectivity index (χ1v) is 8.11. The zero-order valence-corrected chi connectivity index (χ0v) is 15.1. The summed E-state index contributed by atoms with van der Waals surface area (Å²) < 4.78 is 5.10. The van der Waals surface area contributed by atoms with Crippen LogP contribution in [0.3, 0.4) is 0 Å². The highest BCUT2D eigenvalue weighted by molar-refractivity contribution is 6.42. The van der Waals surface area contributed by atoms with Gasteiger partial charge in [0.1, 0.15) is 0 Å². The number of carbonyl (C=O) groups excluding carboxylic acids is 2. The second-order valence-corrected chi connectivity index (χ2v) is 6.22. The van der Waals surface area contributed by atoms with Crippen LogP contribution in [-0.4, -0.2) is 18.0 Å². The minimum Gasteiger partial charge on any atom is -0.449 e. The van der Waals surface area contributed by atoms with Crippen LogP contribution in [0.15, 0.2) is 36.4 Å². The molecule has 8 heteroatoms. The van der Waals surface area contributed by atoms with Gasteiger partial charge in [0.2, 0.25) is 0 Å². The summed E-state index contributed by atoms with van der Waals surface area (Å²) >= 11 is 17.8. The van der Waals surface area contributed by atoms with E-state index in [1.165, 1.54) is 31.2 Å². The van der Waals surface area contributed by atoms with Crippen molar-refractivity contribution >= 4 is 52.4 Å². The van der Waals surface area contributed by atoms with Gasteiger partial charge in [-0.3, -0.25) is 4.79 Å². The standard InChI is InChI=1S/C17H11Cl3N2O3/c1-9(25-17(24)11-4-2-3-10(5-11)8-21)16(23)22-15-13(19)6-12(18)7-14(15)20/h2-7,9H,1H3,(H,22,23)/t9-/m0/s1. The fraction of sp³-hybridized carbons (Fsp3) is 0.118. The summed E-state index contributed by atoms with van der Waals surface area (Å²) in [6.07, 6.45) is -1.11. The van der Waals surface area contributed by atoms with Gasteiger partial charge in [0.25, 0.3) is 5.91 Å². The molecule has 0 unspecified atom stereocenters. The van der Waals surface area contributed by atoms with Crippen molar-refractivity contribution in [2.75, 3.05) is 5.32 Å². The Balaban J connectivity index is 2.08. The summed E-state index contributed by atoms with van der Waals surface area (Å²) in [7, 11) is 0. The van der Waals surface area contributed by atoms with Crippen molar-refractivity contribution in [2.45, 2.75) is 13.0 Å². The summed E-state index contributed by atoms with van der Waals surface area (Å²) in [6, 6.07) is 10.7. The number of hydrogen-bond acceptors (Lipinski definition) is 4. The summed E-state index contributed by atoms with van der Waals surface area (Å²) in [5.41, 5.74) is 0.652. The first kappa shape index (κ1) is 19.1. The lowest BCUT2D eigenvalue weighted by atomic mass is 10.1. The maximum atomic E-state index is 12.2. The minimum atomic E-state index is -1.11. The first-order chi connectivity index (χ1) is 11.8. The molecule has 2 aromatic rings. The lowest BCUT2D eigenvalue weighted by Crippen LogP contribution is -2.30. The number of esters is 1. The first-order valence-electron chi connectivity index (χ1n) is 6.98. The molecule has 0 aromatic heterocycles. The number of nitrogens with one attached hydrogen (secondary N) is 1. The third kappa shape index (κ3) is 4.86. The van der Waals surface area contributed by atoms with Gasteiger partial charge in [0.05, 0.1) is 32.9 Å². The zero-order chi connectivity index (χ0) is 18.6. The monoisotopic (exact) mass is 396 g/mol. The van der Waals surface area contributed by atoms with Crippen LogP contribution in [0.25, 0.3) is 0 Å². The highest BCUT2D eigenvalue weighted by Gasteiger charge is 2.21. The van der Waals surface area contributed by atoms with Crippen LogP contribution in [0.2, 0.25) is 15.1 Å². The maximum absolute atomic E-state index is 12.2. The fourth-order valence-electron chi connectivity index (χ4n) is 1.88. The molecule has 0 spiro atoms. The predicted octanol–water partition coefficient (Wildman–Crippen LogP) is 4.70.